The van der Waals surface area contributed by atoms with Gasteiger partial charge in [-0.25, -0.2) is 0 Å². The molecular formula is C16H20N2O3. The van der Waals surface area contributed by atoms with Gasteiger partial charge in [-0.05, 0) is 12.0 Å². The Hall–Kier alpha value is -2.43. The average molecular weight is 288 g/mol. The summed E-state index contributed by atoms with van der Waals surface area (Å²) in [5, 5.41) is 2.87. The first-order chi connectivity index (χ1) is 10.0. The maximum atomic E-state index is 12.4. The van der Waals surface area contributed by atoms with Crippen LogP contribution in [0.25, 0.3) is 0 Å². The van der Waals surface area contributed by atoms with E-state index in [1.165, 1.54) is 0 Å². The Morgan fingerprint density at radius 1 is 1.14 bits per heavy atom. The molecule has 5 heteroatoms. The van der Waals surface area contributed by atoms with Gasteiger partial charge in [0.2, 0.25) is 0 Å². The molecule has 1 aromatic carbocycles. The van der Waals surface area contributed by atoms with E-state index in [0.717, 1.165) is 5.69 Å². The van der Waals surface area contributed by atoms with E-state index in [0.29, 0.717) is 22.7 Å². The first kappa shape index (κ1) is 15.0. The van der Waals surface area contributed by atoms with Gasteiger partial charge in [-0.2, -0.15) is 0 Å². The Balaban J connectivity index is 2.25. The highest BCUT2D eigenvalue weighted by molar-refractivity contribution is 6.05. The Morgan fingerprint density at radius 3 is 2.29 bits per heavy atom. The first-order valence-electron chi connectivity index (χ1n) is 6.76. The summed E-state index contributed by atoms with van der Waals surface area (Å²) in [6.45, 7) is 4.08. The van der Waals surface area contributed by atoms with Crippen LogP contribution in [0.1, 0.15) is 35.8 Å². The van der Waals surface area contributed by atoms with Gasteiger partial charge in [0.15, 0.2) is 0 Å². The number of carbonyl (C=O) groups is 1. The molecule has 1 amide bonds. The lowest BCUT2D eigenvalue weighted by Crippen LogP contribution is -2.14. The zero-order valence-corrected chi connectivity index (χ0v) is 12.7. The number of benzene rings is 1. The molecule has 0 unspecified atom stereocenters. The fraction of sp³-hybridized carbons (Fsp3) is 0.312. The molecule has 2 rings (SSSR count). The van der Waals surface area contributed by atoms with Crippen LogP contribution in [0.3, 0.4) is 0 Å². The number of methoxy groups -OCH3 is 2. The van der Waals surface area contributed by atoms with Crippen LogP contribution in [0, 0.1) is 0 Å². The van der Waals surface area contributed by atoms with Crippen molar-refractivity contribution in [1.29, 1.82) is 0 Å². The standard InChI is InChI=1S/C16H20N2O3/c1-10(2)15-14(5-6-17-15)16(19)18-11-7-12(20-3)9-13(8-11)21-4/h5-10,17H,1-4H3,(H,18,19). The van der Waals surface area contributed by atoms with Gasteiger partial charge in [-0.3, -0.25) is 4.79 Å². The fourth-order valence-corrected chi connectivity index (χ4v) is 2.14. The van der Waals surface area contributed by atoms with Crippen molar-refractivity contribution in [3.8, 4) is 11.5 Å². The van der Waals surface area contributed by atoms with Crippen LogP contribution < -0.4 is 14.8 Å². The molecule has 1 heterocycles. The van der Waals surface area contributed by atoms with E-state index < -0.39 is 0 Å². The lowest BCUT2D eigenvalue weighted by Gasteiger charge is -2.11. The van der Waals surface area contributed by atoms with Crippen molar-refractivity contribution in [2.75, 3.05) is 19.5 Å². The molecule has 21 heavy (non-hydrogen) atoms. The Labute approximate surface area is 124 Å². The van der Waals surface area contributed by atoms with Gasteiger partial charge in [0.1, 0.15) is 11.5 Å². The van der Waals surface area contributed by atoms with Gasteiger partial charge in [-0.15, -0.1) is 0 Å². The number of aromatic amines is 1. The second kappa shape index (κ2) is 6.35. The number of aromatic nitrogens is 1. The molecule has 0 atom stereocenters. The first-order valence-corrected chi connectivity index (χ1v) is 6.76. The minimum Gasteiger partial charge on any atom is -0.497 e. The predicted octanol–water partition coefficient (Wildman–Crippen LogP) is 3.41. The summed E-state index contributed by atoms with van der Waals surface area (Å²) in [7, 11) is 3.15. The van der Waals surface area contributed by atoms with Crippen LogP contribution in [-0.4, -0.2) is 25.1 Å². The van der Waals surface area contributed by atoms with Crippen molar-refractivity contribution in [1.82, 2.24) is 4.98 Å². The summed E-state index contributed by atoms with van der Waals surface area (Å²) in [6.07, 6.45) is 1.77. The highest BCUT2D eigenvalue weighted by atomic mass is 16.5. The van der Waals surface area contributed by atoms with E-state index in [-0.39, 0.29) is 11.8 Å². The summed E-state index contributed by atoms with van der Waals surface area (Å²) in [6, 6.07) is 7.04. The van der Waals surface area contributed by atoms with E-state index in [4.69, 9.17) is 9.47 Å². The van der Waals surface area contributed by atoms with Crippen molar-refractivity contribution in [3.05, 3.63) is 41.7 Å². The van der Waals surface area contributed by atoms with Crippen LogP contribution in [0.5, 0.6) is 11.5 Å². The van der Waals surface area contributed by atoms with Gasteiger partial charge in [0.25, 0.3) is 5.91 Å². The quantitative estimate of drug-likeness (QED) is 0.886. The SMILES string of the molecule is COc1cc(NC(=O)c2cc[nH]c2C(C)C)cc(OC)c1. The van der Waals surface area contributed by atoms with Crippen molar-refractivity contribution < 1.29 is 14.3 Å². The van der Waals surface area contributed by atoms with Crippen molar-refractivity contribution in [3.63, 3.8) is 0 Å². The summed E-state index contributed by atoms with van der Waals surface area (Å²) < 4.78 is 10.4. The second-order valence-corrected chi connectivity index (χ2v) is 5.02. The number of H-pyrrole nitrogens is 1. The molecule has 0 aliphatic rings. The summed E-state index contributed by atoms with van der Waals surface area (Å²) in [5.74, 6) is 1.35. The molecule has 0 spiro atoms. The van der Waals surface area contributed by atoms with Gasteiger partial charge in [-0.1, -0.05) is 13.8 Å². The molecule has 2 aromatic rings. The molecule has 0 aliphatic heterocycles. The molecule has 0 radical (unpaired) electrons. The van der Waals surface area contributed by atoms with Crippen molar-refractivity contribution >= 4 is 11.6 Å². The number of rotatable bonds is 5. The second-order valence-electron chi connectivity index (χ2n) is 5.02. The maximum Gasteiger partial charge on any atom is 0.257 e. The van der Waals surface area contributed by atoms with E-state index >= 15 is 0 Å². The predicted molar refractivity (Wildman–Crippen MR) is 82.4 cm³/mol. The highest BCUT2D eigenvalue weighted by Gasteiger charge is 2.15. The number of nitrogens with one attached hydrogen (secondary N) is 2. The van der Waals surface area contributed by atoms with Crippen LogP contribution in [-0.2, 0) is 0 Å². The maximum absolute atomic E-state index is 12.4. The normalized spacial score (nSPS) is 10.5. The minimum atomic E-state index is -0.157. The third-order valence-corrected chi connectivity index (χ3v) is 3.21. The molecular weight excluding hydrogens is 268 g/mol. The molecule has 0 saturated heterocycles. The largest absolute Gasteiger partial charge is 0.497 e. The van der Waals surface area contributed by atoms with Crippen LogP contribution in [0.2, 0.25) is 0 Å². The minimum absolute atomic E-state index is 0.157. The Morgan fingerprint density at radius 2 is 1.76 bits per heavy atom. The van der Waals surface area contributed by atoms with E-state index in [9.17, 15) is 4.79 Å². The highest BCUT2D eigenvalue weighted by Crippen LogP contribution is 2.26. The number of carbonyl (C=O) groups excluding carboxylic acids is 1. The molecule has 0 bridgehead atoms. The Kier molecular flexibility index (Phi) is 4.52. The van der Waals surface area contributed by atoms with Crippen LogP contribution >= 0.6 is 0 Å². The molecule has 0 aliphatic carbocycles. The third-order valence-electron chi connectivity index (χ3n) is 3.21. The number of hydrogen-bond donors (Lipinski definition) is 2. The smallest absolute Gasteiger partial charge is 0.257 e. The van der Waals surface area contributed by atoms with Crippen molar-refractivity contribution in [2.24, 2.45) is 0 Å². The lowest BCUT2D eigenvalue weighted by molar-refractivity contribution is 0.102. The topological polar surface area (TPSA) is 63.3 Å². The van der Waals surface area contributed by atoms with Gasteiger partial charge >= 0.3 is 0 Å². The van der Waals surface area contributed by atoms with E-state index in [2.05, 4.69) is 10.3 Å². The monoisotopic (exact) mass is 288 g/mol. The van der Waals surface area contributed by atoms with E-state index in [1.807, 2.05) is 13.8 Å². The molecule has 5 nitrogen and oxygen atoms in total. The van der Waals surface area contributed by atoms with Crippen LogP contribution in [0.15, 0.2) is 30.5 Å². The number of hydrogen-bond acceptors (Lipinski definition) is 3. The molecule has 1 aromatic heterocycles. The lowest BCUT2D eigenvalue weighted by atomic mass is 10.1. The zero-order chi connectivity index (χ0) is 15.4. The van der Waals surface area contributed by atoms with Crippen molar-refractivity contribution in [2.45, 2.75) is 19.8 Å². The molecule has 0 saturated carbocycles. The number of anilines is 1. The third kappa shape index (κ3) is 3.37. The van der Waals surface area contributed by atoms with E-state index in [1.54, 1.807) is 44.7 Å². The van der Waals surface area contributed by atoms with Gasteiger partial charge < -0.3 is 19.8 Å². The summed E-state index contributed by atoms with van der Waals surface area (Å²) in [5.41, 5.74) is 2.20. The number of ether oxygens (including phenoxy) is 2. The zero-order valence-electron chi connectivity index (χ0n) is 12.7. The van der Waals surface area contributed by atoms with Crippen LogP contribution in [0.4, 0.5) is 5.69 Å². The van der Waals surface area contributed by atoms with Gasteiger partial charge in [0, 0.05) is 35.8 Å². The summed E-state index contributed by atoms with van der Waals surface area (Å²) in [4.78, 5) is 15.5. The number of amides is 1. The average Bonchev–Trinajstić information content (AvgIpc) is 2.96. The summed E-state index contributed by atoms with van der Waals surface area (Å²) >= 11 is 0. The molecule has 2 N–H and O–H groups in total. The molecule has 0 fully saturated rings. The Bertz CT molecular complexity index is 610. The van der Waals surface area contributed by atoms with Gasteiger partial charge in [0.05, 0.1) is 19.8 Å². The molecule has 112 valence electrons. The fourth-order valence-electron chi connectivity index (χ4n) is 2.14.